The highest BCUT2D eigenvalue weighted by Gasteiger charge is 2.12. The van der Waals surface area contributed by atoms with Gasteiger partial charge in [0.2, 0.25) is 0 Å². The van der Waals surface area contributed by atoms with Crippen LogP contribution in [-0.2, 0) is 0 Å². The number of nitrogens with two attached hydrogens (primary N) is 1. The van der Waals surface area contributed by atoms with E-state index in [1.807, 2.05) is 0 Å². The van der Waals surface area contributed by atoms with Gasteiger partial charge in [0.05, 0.1) is 7.11 Å². The average molecular weight is 207 g/mol. The summed E-state index contributed by atoms with van der Waals surface area (Å²) in [6.45, 7) is 7.14. The highest BCUT2D eigenvalue weighted by atomic mass is 16.5. The minimum absolute atomic E-state index is 0.504. The van der Waals surface area contributed by atoms with E-state index in [4.69, 9.17) is 10.5 Å². The number of methoxy groups -OCH3 is 1. The van der Waals surface area contributed by atoms with Gasteiger partial charge in [-0.05, 0) is 49.4 Å². The SMILES string of the molecule is COc1c(C)ccc(C(C)CCN)c1C. The van der Waals surface area contributed by atoms with Gasteiger partial charge in [-0.3, -0.25) is 0 Å². The van der Waals surface area contributed by atoms with E-state index < -0.39 is 0 Å². The van der Waals surface area contributed by atoms with E-state index in [1.54, 1.807) is 7.11 Å². The van der Waals surface area contributed by atoms with Crippen LogP contribution in [0.4, 0.5) is 0 Å². The van der Waals surface area contributed by atoms with Crippen LogP contribution in [0.25, 0.3) is 0 Å². The lowest BCUT2D eigenvalue weighted by Gasteiger charge is -2.17. The first kappa shape index (κ1) is 12.1. The monoisotopic (exact) mass is 207 g/mol. The molecule has 0 saturated carbocycles. The molecular weight excluding hydrogens is 186 g/mol. The van der Waals surface area contributed by atoms with Crippen LogP contribution >= 0.6 is 0 Å². The van der Waals surface area contributed by atoms with Crippen LogP contribution in [0.1, 0.15) is 36.0 Å². The van der Waals surface area contributed by atoms with Crippen molar-refractivity contribution in [3.05, 3.63) is 28.8 Å². The average Bonchev–Trinajstić information content (AvgIpc) is 2.18. The van der Waals surface area contributed by atoms with Crippen molar-refractivity contribution < 1.29 is 4.74 Å². The molecule has 0 spiro atoms. The highest BCUT2D eigenvalue weighted by molar-refractivity contribution is 5.46. The van der Waals surface area contributed by atoms with Gasteiger partial charge in [-0.1, -0.05) is 19.1 Å². The zero-order valence-corrected chi connectivity index (χ0v) is 10.1. The molecule has 0 saturated heterocycles. The lowest BCUT2D eigenvalue weighted by molar-refractivity contribution is 0.407. The first-order chi connectivity index (χ1) is 7.11. The smallest absolute Gasteiger partial charge is 0.124 e. The van der Waals surface area contributed by atoms with E-state index in [0.29, 0.717) is 5.92 Å². The Morgan fingerprint density at radius 2 is 2.00 bits per heavy atom. The van der Waals surface area contributed by atoms with Gasteiger partial charge in [-0.15, -0.1) is 0 Å². The molecule has 0 aromatic heterocycles. The molecule has 2 N–H and O–H groups in total. The molecule has 0 aliphatic rings. The first-order valence-corrected chi connectivity index (χ1v) is 5.46. The van der Waals surface area contributed by atoms with Crippen molar-refractivity contribution in [2.45, 2.75) is 33.1 Å². The third kappa shape index (κ3) is 2.51. The molecule has 84 valence electrons. The molecule has 1 unspecified atom stereocenters. The van der Waals surface area contributed by atoms with Crippen LogP contribution < -0.4 is 10.5 Å². The molecule has 0 amide bonds. The second kappa shape index (κ2) is 5.17. The van der Waals surface area contributed by atoms with E-state index in [9.17, 15) is 0 Å². The normalized spacial score (nSPS) is 12.6. The largest absolute Gasteiger partial charge is 0.496 e. The molecule has 1 aromatic rings. The number of aryl methyl sites for hydroxylation is 1. The molecule has 0 aliphatic carbocycles. The van der Waals surface area contributed by atoms with Crippen LogP contribution in [-0.4, -0.2) is 13.7 Å². The fraction of sp³-hybridized carbons (Fsp3) is 0.538. The van der Waals surface area contributed by atoms with Crippen molar-refractivity contribution in [2.24, 2.45) is 5.73 Å². The van der Waals surface area contributed by atoms with Crippen molar-refractivity contribution in [1.82, 2.24) is 0 Å². The van der Waals surface area contributed by atoms with Gasteiger partial charge in [-0.2, -0.15) is 0 Å². The van der Waals surface area contributed by atoms with Crippen molar-refractivity contribution >= 4 is 0 Å². The molecule has 2 nitrogen and oxygen atoms in total. The highest BCUT2D eigenvalue weighted by Crippen LogP contribution is 2.31. The number of hydrogen-bond donors (Lipinski definition) is 1. The molecule has 2 heteroatoms. The Labute approximate surface area is 92.4 Å². The van der Waals surface area contributed by atoms with E-state index in [-0.39, 0.29) is 0 Å². The topological polar surface area (TPSA) is 35.2 Å². The lowest BCUT2D eigenvalue weighted by atomic mass is 9.92. The van der Waals surface area contributed by atoms with Crippen LogP contribution in [0.2, 0.25) is 0 Å². The second-order valence-corrected chi connectivity index (χ2v) is 4.11. The van der Waals surface area contributed by atoms with E-state index in [1.165, 1.54) is 16.7 Å². The maximum Gasteiger partial charge on any atom is 0.124 e. The van der Waals surface area contributed by atoms with Gasteiger partial charge in [0.15, 0.2) is 0 Å². The summed E-state index contributed by atoms with van der Waals surface area (Å²) >= 11 is 0. The number of hydrogen-bond acceptors (Lipinski definition) is 2. The molecule has 0 radical (unpaired) electrons. The number of rotatable bonds is 4. The van der Waals surface area contributed by atoms with E-state index >= 15 is 0 Å². The fourth-order valence-electron chi connectivity index (χ4n) is 2.10. The summed E-state index contributed by atoms with van der Waals surface area (Å²) in [5.74, 6) is 1.51. The predicted molar refractivity (Wildman–Crippen MR) is 64.6 cm³/mol. The third-order valence-electron chi connectivity index (χ3n) is 2.98. The van der Waals surface area contributed by atoms with Crippen molar-refractivity contribution in [1.29, 1.82) is 0 Å². The summed E-state index contributed by atoms with van der Waals surface area (Å²) < 4.78 is 5.41. The predicted octanol–water partition coefficient (Wildman–Crippen LogP) is 2.76. The minimum atomic E-state index is 0.504. The van der Waals surface area contributed by atoms with Gasteiger partial charge in [0, 0.05) is 0 Å². The van der Waals surface area contributed by atoms with Gasteiger partial charge < -0.3 is 10.5 Å². The summed E-state index contributed by atoms with van der Waals surface area (Å²) in [6, 6.07) is 4.31. The zero-order valence-electron chi connectivity index (χ0n) is 10.1. The minimum Gasteiger partial charge on any atom is -0.496 e. The Balaban J connectivity index is 3.09. The summed E-state index contributed by atoms with van der Waals surface area (Å²) in [6.07, 6.45) is 1.02. The first-order valence-electron chi connectivity index (χ1n) is 5.46. The zero-order chi connectivity index (χ0) is 11.4. The summed E-state index contributed by atoms with van der Waals surface area (Å²) in [5, 5.41) is 0. The van der Waals surface area contributed by atoms with Gasteiger partial charge >= 0.3 is 0 Å². The van der Waals surface area contributed by atoms with Gasteiger partial charge in [0.1, 0.15) is 5.75 Å². The Morgan fingerprint density at radius 3 is 2.53 bits per heavy atom. The van der Waals surface area contributed by atoms with Gasteiger partial charge in [0.25, 0.3) is 0 Å². The Bertz CT molecular complexity index is 334. The summed E-state index contributed by atoms with van der Waals surface area (Å²) in [4.78, 5) is 0. The lowest BCUT2D eigenvalue weighted by Crippen LogP contribution is -2.06. The standard InChI is InChI=1S/C13H21NO/c1-9(7-8-14)12-6-5-10(2)13(15-4)11(12)3/h5-6,9H,7-8,14H2,1-4H3. The van der Waals surface area contributed by atoms with Crippen LogP contribution in [0.3, 0.4) is 0 Å². The molecule has 0 aliphatic heterocycles. The quantitative estimate of drug-likeness (QED) is 0.824. The molecule has 1 aromatic carbocycles. The summed E-state index contributed by atoms with van der Waals surface area (Å²) in [5.41, 5.74) is 9.38. The maximum atomic E-state index is 5.59. The van der Waals surface area contributed by atoms with Gasteiger partial charge in [-0.25, -0.2) is 0 Å². The Hall–Kier alpha value is -1.02. The molecule has 0 bridgehead atoms. The number of benzene rings is 1. The third-order valence-corrected chi connectivity index (χ3v) is 2.98. The van der Waals surface area contributed by atoms with Crippen LogP contribution in [0.15, 0.2) is 12.1 Å². The van der Waals surface area contributed by atoms with Crippen molar-refractivity contribution in [2.75, 3.05) is 13.7 Å². The second-order valence-electron chi connectivity index (χ2n) is 4.11. The molecule has 1 atom stereocenters. The summed E-state index contributed by atoms with van der Waals surface area (Å²) in [7, 11) is 1.73. The Kier molecular flexibility index (Phi) is 4.15. The molecular formula is C13H21NO. The van der Waals surface area contributed by atoms with E-state index in [2.05, 4.69) is 32.9 Å². The van der Waals surface area contributed by atoms with Crippen molar-refractivity contribution in [3.8, 4) is 5.75 Å². The van der Waals surface area contributed by atoms with E-state index in [0.717, 1.165) is 18.7 Å². The van der Waals surface area contributed by atoms with Crippen molar-refractivity contribution in [3.63, 3.8) is 0 Å². The Morgan fingerprint density at radius 1 is 1.33 bits per heavy atom. The molecule has 15 heavy (non-hydrogen) atoms. The molecule has 1 rings (SSSR count). The molecule has 0 fully saturated rings. The maximum absolute atomic E-state index is 5.59. The van der Waals surface area contributed by atoms with Crippen LogP contribution in [0.5, 0.6) is 5.75 Å². The van der Waals surface area contributed by atoms with Crippen LogP contribution in [0, 0.1) is 13.8 Å². The fourth-order valence-corrected chi connectivity index (χ4v) is 2.10. The number of ether oxygens (including phenoxy) is 1. The molecule has 0 heterocycles.